The van der Waals surface area contributed by atoms with Crippen molar-refractivity contribution in [2.24, 2.45) is 5.92 Å². The molecule has 136 valence electrons. The standard InChI is InChI=1S/C18H24N2O5/c1-6-13-14(17(22)24-7-2)16(21)12-9-10(4)19-11(5)15(12)20(13)18(23)25-8-3/h9,13-14H,6-8H2,1-5H3. The van der Waals surface area contributed by atoms with Gasteiger partial charge in [-0.2, -0.15) is 0 Å². The van der Waals surface area contributed by atoms with Crippen LogP contribution in [0.3, 0.4) is 0 Å². The second-order valence-corrected chi connectivity index (χ2v) is 5.88. The van der Waals surface area contributed by atoms with Crippen LogP contribution in [-0.4, -0.2) is 42.1 Å². The van der Waals surface area contributed by atoms with Gasteiger partial charge in [-0.25, -0.2) is 4.79 Å². The summed E-state index contributed by atoms with van der Waals surface area (Å²) in [7, 11) is 0. The number of hydrogen-bond donors (Lipinski definition) is 0. The fourth-order valence-electron chi connectivity index (χ4n) is 3.31. The SMILES string of the molecule is CCOC(=O)C1C(=O)c2cc(C)nc(C)c2N(C(=O)OCC)C1CC. The lowest BCUT2D eigenvalue weighted by molar-refractivity contribution is -0.146. The average molecular weight is 348 g/mol. The Morgan fingerprint density at radius 1 is 1.16 bits per heavy atom. The van der Waals surface area contributed by atoms with Gasteiger partial charge in [0.25, 0.3) is 0 Å². The average Bonchev–Trinajstić information content (AvgIpc) is 2.55. The van der Waals surface area contributed by atoms with Gasteiger partial charge in [0.2, 0.25) is 0 Å². The number of carbonyl (C=O) groups is 3. The lowest BCUT2D eigenvalue weighted by Gasteiger charge is -2.39. The number of ether oxygens (including phenoxy) is 2. The first-order valence-corrected chi connectivity index (χ1v) is 8.52. The Kier molecular flexibility index (Phi) is 5.77. The van der Waals surface area contributed by atoms with E-state index >= 15 is 0 Å². The molecule has 1 amide bonds. The largest absolute Gasteiger partial charge is 0.465 e. The highest BCUT2D eigenvalue weighted by molar-refractivity contribution is 6.17. The molecule has 25 heavy (non-hydrogen) atoms. The van der Waals surface area contributed by atoms with Crippen LogP contribution in [0, 0.1) is 19.8 Å². The van der Waals surface area contributed by atoms with Crippen molar-refractivity contribution in [3.8, 4) is 0 Å². The Morgan fingerprint density at radius 3 is 2.36 bits per heavy atom. The Balaban J connectivity index is 2.68. The summed E-state index contributed by atoms with van der Waals surface area (Å²) in [6.45, 7) is 9.07. The summed E-state index contributed by atoms with van der Waals surface area (Å²) in [5, 5.41) is 0. The van der Waals surface area contributed by atoms with Crippen molar-refractivity contribution in [1.29, 1.82) is 0 Å². The van der Waals surface area contributed by atoms with E-state index in [1.807, 2.05) is 6.92 Å². The van der Waals surface area contributed by atoms with E-state index in [-0.39, 0.29) is 19.0 Å². The smallest absolute Gasteiger partial charge is 0.414 e. The van der Waals surface area contributed by atoms with Gasteiger partial charge in [0.05, 0.1) is 30.6 Å². The van der Waals surface area contributed by atoms with Crippen LogP contribution in [0.25, 0.3) is 0 Å². The molecule has 2 atom stereocenters. The van der Waals surface area contributed by atoms with Crippen molar-refractivity contribution in [3.63, 3.8) is 0 Å². The molecule has 0 saturated heterocycles. The second-order valence-electron chi connectivity index (χ2n) is 5.88. The number of pyridine rings is 1. The summed E-state index contributed by atoms with van der Waals surface area (Å²) in [6, 6.07) is 0.941. The molecule has 0 spiro atoms. The summed E-state index contributed by atoms with van der Waals surface area (Å²) < 4.78 is 10.3. The zero-order chi connectivity index (χ0) is 18.7. The molecule has 2 heterocycles. The molecule has 2 rings (SSSR count). The van der Waals surface area contributed by atoms with Crippen molar-refractivity contribution in [2.45, 2.75) is 47.1 Å². The molecule has 2 unspecified atom stereocenters. The van der Waals surface area contributed by atoms with E-state index in [9.17, 15) is 14.4 Å². The van der Waals surface area contributed by atoms with Crippen LogP contribution in [0.15, 0.2) is 6.07 Å². The zero-order valence-corrected chi connectivity index (χ0v) is 15.3. The summed E-state index contributed by atoms with van der Waals surface area (Å²) in [5.74, 6) is -2.02. The van der Waals surface area contributed by atoms with E-state index in [1.165, 1.54) is 4.90 Å². The van der Waals surface area contributed by atoms with Crippen molar-refractivity contribution in [1.82, 2.24) is 4.98 Å². The minimum absolute atomic E-state index is 0.166. The number of Topliss-reactive ketones (excluding diaryl/α,β-unsaturated/α-hetero) is 1. The highest BCUT2D eigenvalue weighted by Gasteiger charge is 2.48. The Bertz CT molecular complexity index is 701. The number of rotatable bonds is 4. The minimum atomic E-state index is -1.07. The maximum Gasteiger partial charge on any atom is 0.414 e. The third-order valence-corrected chi connectivity index (χ3v) is 4.22. The van der Waals surface area contributed by atoms with Gasteiger partial charge in [-0.15, -0.1) is 0 Å². The van der Waals surface area contributed by atoms with Crippen LogP contribution >= 0.6 is 0 Å². The molecule has 0 N–H and O–H groups in total. The van der Waals surface area contributed by atoms with E-state index in [4.69, 9.17) is 9.47 Å². The molecular weight excluding hydrogens is 324 g/mol. The molecule has 0 bridgehead atoms. The zero-order valence-electron chi connectivity index (χ0n) is 15.3. The molecule has 1 aliphatic rings. The van der Waals surface area contributed by atoms with Crippen LogP contribution < -0.4 is 4.90 Å². The van der Waals surface area contributed by atoms with Crippen molar-refractivity contribution in [3.05, 3.63) is 23.0 Å². The highest BCUT2D eigenvalue weighted by Crippen LogP contribution is 2.38. The fourth-order valence-corrected chi connectivity index (χ4v) is 3.31. The molecule has 0 saturated carbocycles. The lowest BCUT2D eigenvalue weighted by Crippen LogP contribution is -2.54. The fraction of sp³-hybridized carbons (Fsp3) is 0.556. The number of fused-ring (bicyclic) bond motifs is 1. The van der Waals surface area contributed by atoms with Crippen LogP contribution in [0.2, 0.25) is 0 Å². The first kappa shape index (κ1) is 18.9. The van der Waals surface area contributed by atoms with E-state index in [0.29, 0.717) is 29.1 Å². The van der Waals surface area contributed by atoms with Gasteiger partial charge in [-0.1, -0.05) is 6.92 Å². The Hall–Kier alpha value is -2.44. The van der Waals surface area contributed by atoms with Gasteiger partial charge in [0, 0.05) is 11.3 Å². The summed E-state index contributed by atoms with van der Waals surface area (Å²) in [5.41, 5.74) is 1.92. The highest BCUT2D eigenvalue weighted by atomic mass is 16.6. The number of carbonyl (C=O) groups excluding carboxylic acids is 3. The quantitative estimate of drug-likeness (QED) is 0.614. The molecule has 1 aliphatic heterocycles. The molecule has 0 fully saturated rings. The number of nitrogens with zero attached hydrogens (tertiary/aromatic N) is 2. The Labute approximate surface area is 147 Å². The maximum atomic E-state index is 13.0. The van der Waals surface area contributed by atoms with Crippen molar-refractivity contribution in [2.75, 3.05) is 18.1 Å². The van der Waals surface area contributed by atoms with Crippen LogP contribution in [0.4, 0.5) is 10.5 Å². The summed E-state index contributed by atoms with van der Waals surface area (Å²) in [6.07, 6.45) is -0.188. The number of anilines is 1. The maximum absolute atomic E-state index is 13.0. The van der Waals surface area contributed by atoms with Gasteiger partial charge < -0.3 is 9.47 Å². The topological polar surface area (TPSA) is 85.8 Å². The van der Waals surface area contributed by atoms with Gasteiger partial charge in [-0.3, -0.25) is 19.5 Å². The number of amides is 1. The molecule has 7 nitrogen and oxygen atoms in total. The van der Waals surface area contributed by atoms with Gasteiger partial charge in [0.15, 0.2) is 5.78 Å². The predicted molar refractivity (Wildman–Crippen MR) is 91.7 cm³/mol. The summed E-state index contributed by atoms with van der Waals surface area (Å²) >= 11 is 0. The van der Waals surface area contributed by atoms with Crippen molar-refractivity contribution >= 4 is 23.5 Å². The lowest BCUT2D eigenvalue weighted by atomic mass is 9.82. The van der Waals surface area contributed by atoms with Gasteiger partial charge >= 0.3 is 12.1 Å². The third kappa shape index (κ3) is 3.36. The minimum Gasteiger partial charge on any atom is -0.465 e. The second kappa shape index (κ2) is 7.63. The molecule has 1 aromatic heterocycles. The molecule has 0 radical (unpaired) electrons. The number of hydrogen-bond acceptors (Lipinski definition) is 6. The summed E-state index contributed by atoms with van der Waals surface area (Å²) in [4.78, 5) is 43.8. The number of aryl methyl sites for hydroxylation is 2. The van der Waals surface area contributed by atoms with Crippen LogP contribution in [0.5, 0.6) is 0 Å². The van der Waals surface area contributed by atoms with E-state index in [1.54, 1.807) is 33.8 Å². The monoisotopic (exact) mass is 348 g/mol. The molecule has 0 aromatic carbocycles. The van der Waals surface area contributed by atoms with E-state index < -0.39 is 24.0 Å². The number of aromatic nitrogens is 1. The predicted octanol–water partition coefficient (Wildman–Crippen LogP) is 2.82. The number of ketones is 1. The van der Waals surface area contributed by atoms with Crippen LogP contribution in [-0.2, 0) is 14.3 Å². The molecule has 0 aliphatic carbocycles. The Morgan fingerprint density at radius 2 is 1.80 bits per heavy atom. The first-order valence-electron chi connectivity index (χ1n) is 8.52. The van der Waals surface area contributed by atoms with Gasteiger partial charge in [-0.05, 0) is 40.2 Å². The van der Waals surface area contributed by atoms with E-state index in [2.05, 4.69) is 4.98 Å². The molecular formula is C18H24N2O5. The first-order chi connectivity index (χ1) is 11.9. The van der Waals surface area contributed by atoms with Crippen LogP contribution in [0.1, 0.15) is 48.9 Å². The normalized spacial score (nSPS) is 19.4. The van der Waals surface area contributed by atoms with Gasteiger partial charge in [0.1, 0.15) is 5.92 Å². The third-order valence-electron chi connectivity index (χ3n) is 4.22. The van der Waals surface area contributed by atoms with Crippen molar-refractivity contribution < 1.29 is 23.9 Å². The number of esters is 1. The van der Waals surface area contributed by atoms with E-state index in [0.717, 1.165) is 0 Å². The molecule has 7 heteroatoms. The molecule has 1 aromatic rings.